The van der Waals surface area contributed by atoms with Crippen LogP contribution in [0.1, 0.15) is 19.3 Å². The number of hydrogen-bond donors (Lipinski definition) is 2. The number of likely N-dealkylation sites (tertiary alicyclic amines) is 1. The molecule has 0 spiro atoms. The van der Waals surface area contributed by atoms with Crippen LogP contribution in [0.5, 0.6) is 0 Å². The number of benzene rings is 1. The van der Waals surface area contributed by atoms with E-state index >= 15 is 0 Å². The standard InChI is InChI=1S/C15H21N3O2S/c1-21-13-6-4-5-12(11-13)17-15(20)16-8-7-14(19)18-9-2-3-10-18/h4-6,11H,2-3,7-10H2,1H3,(H2,16,17,20). The van der Waals surface area contributed by atoms with Gasteiger partial charge in [-0.15, -0.1) is 11.8 Å². The van der Waals surface area contributed by atoms with Crippen molar-refractivity contribution in [2.75, 3.05) is 31.2 Å². The van der Waals surface area contributed by atoms with E-state index in [2.05, 4.69) is 10.6 Å². The topological polar surface area (TPSA) is 61.4 Å². The molecule has 21 heavy (non-hydrogen) atoms. The third kappa shape index (κ3) is 4.97. The number of carbonyl (C=O) groups is 2. The van der Waals surface area contributed by atoms with E-state index in [4.69, 9.17) is 0 Å². The molecule has 1 fully saturated rings. The number of amides is 3. The fourth-order valence-electron chi connectivity index (χ4n) is 2.28. The van der Waals surface area contributed by atoms with E-state index in [-0.39, 0.29) is 11.9 Å². The number of thioether (sulfide) groups is 1. The highest BCUT2D eigenvalue weighted by atomic mass is 32.2. The lowest BCUT2D eigenvalue weighted by Gasteiger charge is -2.15. The molecule has 1 heterocycles. The van der Waals surface area contributed by atoms with E-state index < -0.39 is 0 Å². The zero-order valence-electron chi connectivity index (χ0n) is 12.2. The van der Waals surface area contributed by atoms with Gasteiger partial charge in [0.2, 0.25) is 5.91 Å². The lowest BCUT2D eigenvalue weighted by atomic mass is 10.3. The second kappa shape index (κ2) is 7.93. The van der Waals surface area contributed by atoms with E-state index in [1.54, 1.807) is 11.8 Å². The Hall–Kier alpha value is -1.69. The number of carbonyl (C=O) groups excluding carboxylic acids is 2. The zero-order valence-corrected chi connectivity index (χ0v) is 13.0. The first-order valence-corrected chi connectivity index (χ1v) is 8.38. The molecular weight excluding hydrogens is 286 g/mol. The van der Waals surface area contributed by atoms with Crippen molar-refractivity contribution in [3.05, 3.63) is 24.3 Å². The number of urea groups is 1. The molecule has 1 saturated heterocycles. The second-order valence-electron chi connectivity index (χ2n) is 4.95. The summed E-state index contributed by atoms with van der Waals surface area (Å²) in [5.41, 5.74) is 0.755. The Labute approximate surface area is 129 Å². The van der Waals surface area contributed by atoms with Gasteiger partial charge in [0, 0.05) is 36.6 Å². The minimum Gasteiger partial charge on any atom is -0.343 e. The van der Waals surface area contributed by atoms with Gasteiger partial charge >= 0.3 is 6.03 Å². The summed E-state index contributed by atoms with van der Waals surface area (Å²) in [6, 6.07) is 7.37. The maximum atomic E-state index is 11.8. The van der Waals surface area contributed by atoms with Crippen molar-refractivity contribution in [1.29, 1.82) is 0 Å². The molecule has 0 radical (unpaired) electrons. The van der Waals surface area contributed by atoms with Gasteiger partial charge in [-0.2, -0.15) is 0 Å². The van der Waals surface area contributed by atoms with Crippen molar-refractivity contribution in [2.45, 2.75) is 24.2 Å². The first-order chi connectivity index (χ1) is 10.2. The Morgan fingerprint density at radius 1 is 1.29 bits per heavy atom. The molecule has 5 nitrogen and oxygen atoms in total. The van der Waals surface area contributed by atoms with Crippen molar-refractivity contribution in [3.8, 4) is 0 Å². The lowest BCUT2D eigenvalue weighted by molar-refractivity contribution is -0.129. The van der Waals surface area contributed by atoms with Gasteiger partial charge in [0.1, 0.15) is 0 Å². The van der Waals surface area contributed by atoms with Crippen molar-refractivity contribution < 1.29 is 9.59 Å². The minimum atomic E-state index is -0.275. The van der Waals surface area contributed by atoms with Gasteiger partial charge in [0.25, 0.3) is 0 Å². The third-order valence-electron chi connectivity index (χ3n) is 3.41. The fourth-order valence-corrected chi connectivity index (χ4v) is 2.74. The molecule has 6 heteroatoms. The average Bonchev–Trinajstić information content (AvgIpc) is 3.01. The second-order valence-corrected chi connectivity index (χ2v) is 5.83. The van der Waals surface area contributed by atoms with Gasteiger partial charge in [0.15, 0.2) is 0 Å². The molecule has 0 bridgehead atoms. The molecule has 0 aromatic heterocycles. The Balaban J connectivity index is 1.70. The smallest absolute Gasteiger partial charge is 0.319 e. The Morgan fingerprint density at radius 3 is 2.76 bits per heavy atom. The van der Waals surface area contributed by atoms with Crippen LogP contribution in [0.4, 0.5) is 10.5 Å². The highest BCUT2D eigenvalue weighted by Crippen LogP contribution is 2.18. The molecule has 0 aliphatic carbocycles. The molecule has 1 aliphatic rings. The molecular formula is C15H21N3O2S. The molecule has 0 unspecified atom stereocenters. The van der Waals surface area contributed by atoms with Crippen LogP contribution >= 0.6 is 11.8 Å². The van der Waals surface area contributed by atoms with Gasteiger partial charge in [-0.3, -0.25) is 4.79 Å². The molecule has 1 aromatic carbocycles. The van der Waals surface area contributed by atoms with Crippen LogP contribution in [0.2, 0.25) is 0 Å². The van der Waals surface area contributed by atoms with Gasteiger partial charge in [-0.05, 0) is 37.3 Å². The molecule has 2 rings (SSSR count). The number of hydrogen-bond acceptors (Lipinski definition) is 3. The maximum absolute atomic E-state index is 11.8. The van der Waals surface area contributed by atoms with Crippen molar-refractivity contribution in [1.82, 2.24) is 10.2 Å². The van der Waals surface area contributed by atoms with Crippen LogP contribution in [0.15, 0.2) is 29.2 Å². The van der Waals surface area contributed by atoms with E-state index in [0.29, 0.717) is 13.0 Å². The largest absolute Gasteiger partial charge is 0.343 e. The molecule has 0 atom stereocenters. The summed E-state index contributed by atoms with van der Waals surface area (Å²) in [7, 11) is 0. The van der Waals surface area contributed by atoms with Crippen LogP contribution in [-0.4, -0.2) is 42.7 Å². The van der Waals surface area contributed by atoms with Crippen LogP contribution in [-0.2, 0) is 4.79 Å². The quantitative estimate of drug-likeness (QED) is 0.822. The monoisotopic (exact) mass is 307 g/mol. The number of anilines is 1. The average molecular weight is 307 g/mol. The van der Waals surface area contributed by atoms with Gasteiger partial charge in [-0.25, -0.2) is 4.79 Å². The summed E-state index contributed by atoms with van der Waals surface area (Å²) in [5.74, 6) is 0.122. The van der Waals surface area contributed by atoms with Gasteiger partial charge in [-0.1, -0.05) is 6.07 Å². The Bertz CT molecular complexity index is 501. The van der Waals surface area contributed by atoms with Crippen LogP contribution in [0.3, 0.4) is 0 Å². The minimum absolute atomic E-state index is 0.122. The summed E-state index contributed by atoms with van der Waals surface area (Å²) < 4.78 is 0. The predicted molar refractivity (Wildman–Crippen MR) is 85.7 cm³/mol. The molecule has 3 amide bonds. The van der Waals surface area contributed by atoms with E-state index in [1.807, 2.05) is 35.4 Å². The lowest BCUT2D eigenvalue weighted by Crippen LogP contribution is -2.34. The highest BCUT2D eigenvalue weighted by Gasteiger charge is 2.17. The van der Waals surface area contributed by atoms with Crippen LogP contribution < -0.4 is 10.6 Å². The number of rotatable bonds is 5. The predicted octanol–water partition coefficient (Wildman–Crippen LogP) is 2.54. The Morgan fingerprint density at radius 2 is 2.05 bits per heavy atom. The van der Waals surface area contributed by atoms with Crippen molar-refractivity contribution in [2.24, 2.45) is 0 Å². The van der Waals surface area contributed by atoms with Crippen LogP contribution in [0.25, 0.3) is 0 Å². The SMILES string of the molecule is CSc1cccc(NC(=O)NCCC(=O)N2CCCC2)c1. The molecule has 2 N–H and O–H groups in total. The molecule has 114 valence electrons. The third-order valence-corrected chi connectivity index (χ3v) is 4.14. The first-order valence-electron chi connectivity index (χ1n) is 7.16. The van der Waals surface area contributed by atoms with E-state index in [9.17, 15) is 9.59 Å². The summed E-state index contributed by atoms with van der Waals surface area (Å²) in [6.45, 7) is 2.07. The first kappa shape index (κ1) is 15.7. The van der Waals surface area contributed by atoms with Gasteiger partial charge in [0.05, 0.1) is 0 Å². The molecule has 0 saturated carbocycles. The number of nitrogens with one attached hydrogen (secondary N) is 2. The molecule has 1 aromatic rings. The van der Waals surface area contributed by atoms with Crippen molar-refractivity contribution >= 4 is 29.4 Å². The van der Waals surface area contributed by atoms with E-state index in [0.717, 1.165) is 36.5 Å². The number of nitrogens with zero attached hydrogens (tertiary/aromatic N) is 1. The summed E-state index contributed by atoms with van der Waals surface area (Å²) in [5, 5.41) is 5.49. The van der Waals surface area contributed by atoms with Gasteiger partial charge < -0.3 is 15.5 Å². The summed E-state index contributed by atoms with van der Waals surface area (Å²) in [4.78, 5) is 26.5. The maximum Gasteiger partial charge on any atom is 0.319 e. The van der Waals surface area contributed by atoms with Crippen molar-refractivity contribution in [3.63, 3.8) is 0 Å². The van der Waals surface area contributed by atoms with Crippen LogP contribution in [0, 0.1) is 0 Å². The molecule has 1 aliphatic heterocycles. The van der Waals surface area contributed by atoms with E-state index in [1.165, 1.54) is 0 Å². The summed E-state index contributed by atoms with van der Waals surface area (Å²) in [6.07, 6.45) is 4.53. The normalized spacial score (nSPS) is 14.0. The fraction of sp³-hybridized carbons (Fsp3) is 0.467. The Kier molecular flexibility index (Phi) is 5.92. The zero-order chi connectivity index (χ0) is 15.1. The highest BCUT2D eigenvalue weighted by molar-refractivity contribution is 7.98. The summed E-state index contributed by atoms with van der Waals surface area (Å²) >= 11 is 1.62.